The highest BCUT2D eigenvalue weighted by Gasteiger charge is 2.39. The van der Waals surface area contributed by atoms with Crippen LogP contribution in [0.3, 0.4) is 0 Å². The van der Waals surface area contributed by atoms with E-state index in [4.69, 9.17) is 4.74 Å². The number of aromatic nitrogens is 1. The maximum absolute atomic E-state index is 14.6. The van der Waals surface area contributed by atoms with Crippen LogP contribution in [-0.4, -0.2) is 29.4 Å². The van der Waals surface area contributed by atoms with E-state index >= 15 is 0 Å². The van der Waals surface area contributed by atoms with Crippen LogP contribution in [0.1, 0.15) is 51.4 Å². The van der Waals surface area contributed by atoms with Gasteiger partial charge >= 0.3 is 0 Å². The smallest absolute Gasteiger partial charge is 0.224 e. The Morgan fingerprint density at radius 3 is 2.68 bits per heavy atom. The van der Waals surface area contributed by atoms with E-state index < -0.39 is 5.67 Å². The van der Waals surface area contributed by atoms with Gasteiger partial charge in [0.05, 0.1) is 31.0 Å². The van der Waals surface area contributed by atoms with Gasteiger partial charge in [0.15, 0.2) is 5.67 Å². The molecule has 0 bridgehead atoms. The molecule has 0 atom stereocenters. The molecule has 152 valence electrons. The Morgan fingerprint density at radius 2 is 2.00 bits per heavy atom. The van der Waals surface area contributed by atoms with E-state index in [-0.39, 0.29) is 25.7 Å². The predicted molar refractivity (Wildman–Crippen MR) is 113 cm³/mol. The molecule has 0 unspecified atom stereocenters. The molecule has 2 aliphatic rings. The lowest BCUT2D eigenvalue weighted by molar-refractivity contribution is -0.136. The lowest BCUT2D eigenvalue weighted by atomic mass is 9.95. The molecule has 2 aromatic rings. The molecule has 6 heteroatoms. The zero-order valence-electron chi connectivity index (χ0n) is 16.2. The number of ether oxygens (including phenoxy) is 1. The predicted octanol–water partition coefficient (Wildman–Crippen LogP) is 5.83. The average Bonchev–Trinajstić information content (AvgIpc) is 2.82. The summed E-state index contributed by atoms with van der Waals surface area (Å²) in [5.41, 5.74) is 0.337. The summed E-state index contributed by atoms with van der Waals surface area (Å²) in [5, 5.41) is 4.00. The molecule has 1 saturated heterocycles. The first-order chi connectivity index (χ1) is 13.5. The fraction of sp³-hybridized carbons (Fsp3) is 0.591. The van der Waals surface area contributed by atoms with Crippen molar-refractivity contribution in [1.29, 1.82) is 0 Å². The van der Waals surface area contributed by atoms with Gasteiger partial charge in [-0.25, -0.2) is 4.39 Å². The van der Waals surface area contributed by atoms with E-state index in [9.17, 15) is 9.18 Å². The van der Waals surface area contributed by atoms with Gasteiger partial charge in [-0.05, 0) is 24.5 Å². The van der Waals surface area contributed by atoms with Gasteiger partial charge in [-0.3, -0.25) is 4.79 Å². The molecule has 4 nitrogen and oxygen atoms in total. The SMILES string of the molecule is O=C(CCC1CCCCCC1)Nc1cn(CC2(F)COC2)c2cccc(Br)c12. The molecular formula is C22H28BrFN2O2. The van der Waals surface area contributed by atoms with E-state index in [0.29, 0.717) is 12.3 Å². The normalized spacial score (nSPS) is 19.9. The number of carbonyl (C=O) groups is 1. The number of benzene rings is 1. The van der Waals surface area contributed by atoms with E-state index in [0.717, 1.165) is 27.5 Å². The first-order valence-electron chi connectivity index (χ1n) is 10.4. The lowest BCUT2D eigenvalue weighted by Crippen LogP contribution is -2.48. The molecule has 4 rings (SSSR count). The molecule has 1 aliphatic carbocycles. The number of hydrogen-bond acceptors (Lipinski definition) is 2. The Hall–Kier alpha value is -1.40. The number of rotatable bonds is 6. The summed E-state index contributed by atoms with van der Waals surface area (Å²) in [6.45, 7) is 0.491. The van der Waals surface area contributed by atoms with E-state index in [1.165, 1.54) is 38.5 Å². The number of amides is 1. The third-order valence-corrected chi connectivity index (χ3v) is 6.72. The van der Waals surface area contributed by atoms with Crippen LogP contribution in [-0.2, 0) is 16.1 Å². The van der Waals surface area contributed by atoms with Crippen molar-refractivity contribution >= 4 is 38.4 Å². The van der Waals surface area contributed by atoms with Crippen LogP contribution in [0.5, 0.6) is 0 Å². The van der Waals surface area contributed by atoms with Crippen LogP contribution in [0.15, 0.2) is 28.9 Å². The summed E-state index contributed by atoms with van der Waals surface area (Å²) in [4.78, 5) is 12.6. The summed E-state index contributed by atoms with van der Waals surface area (Å²) < 4.78 is 22.5. The van der Waals surface area contributed by atoms with Gasteiger partial charge in [-0.2, -0.15) is 0 Å². The number of nitrogens with one attached hydrogen (secondary N) is 1. The van der Waals surface area contributed by atoms with Crippen molar-refractivity contribution in [3.05, 3.63) is 28.9 Å². The Bertz CT molecular complexity index is 838. The van der Waals surface area contributed by atoms with Gasteiger partial charge in [-0.1, -0.05) is 60.5 Å². The highest BCUT2D eigenvalue weighted by molar-refractivity contribution is 9.10. The molecule has 28 heavy (non-hydrogen) atoms. The molecule has 1 aromatic heterocycles. The quantitative estimate of drug-likeness (QED) is 0.562. The Balaban J connectivity index is 1.47. The van der Waals surface area contributed by atoms with Crippen LogP contribution >= 0.6 is 15.9 Å². The van der Waals surface area contributed by atoms with E-state index in [1.54, 1.807) is 0 Å². The molecule has 1 saturated carbocycles. The average molecular weight is 451 g/mol. The van der Waals surface area contributed by atoms with Crippen molar-refractivity contribution in [3.63, 3.8) is 0 Å². The van der Waals surface area contributed by atoms with Crippen LogP contribution in [0.2, 0.25) is 0 Å². The van der Waals surface area contributed by atoms with Crippen molar-refractivity contribution in [2.24, 2.45) is 5.92 Å². The standard InChI is InChI=1S/C22H28BrFN2O2/c23-17-8-5-9-19-21(17)18(12-26(19)13-22(24)14-28-15-22)25-20(27)11-10-16-6-3-1-2-4-7-16/h5,8-9,12,16H,1-4,6-7,10-11,13-15H2,(H,25,27). The molecule has 0 spiro atoms. The maximum Gasteiger partial charge on any atom is 0.224 e. The van der Waals surface area contributed by atoms with Crippen molar-refractivity contribution < 1.29 is 13.9 Å². The summed E-state index contributed by atoms with van der Waals surface area (Å²) in [5.74, 6) is 0.715. The van der Waals surface area contributed by atoms with Crippen LogP contribution in [0.25, 0.3) is 10.9 Å². The minimum Gasteiger partial charge on any atom is -0.374 e. The minimum absolute atomic E-state index is 0.0426. The fourth-order valence-electron chi connectivity index (χ4n) is 4.45. The monoisotopic (exact) mass is 450 g/mol. The molecule has 2 fully saturated rings. The number of hydrogen-bond donors (Lipinski definition) is 1. The second kappa shape index (κ2) is 8.54. The van der Waals surface area contributed by atoms with Gasteiger partial charge in [0.25, 0.3) is 0 Å². The summed E-state index contributed by atoms with van der Waals surface area (Å²) in [6.07, 6.45) is 11.1. The number of fused-ring (bicyclic) bond motifs is 1. The van der Waals surface area contributed by atoms with Crippen LogP contribution in [0.4, 0.5) is 10.1 Å². The van der Waals surface area contributed by atoms with Crippen molar-refractivity contribution in [2.75, 3.05) is 18.5 Å². The minimum atomic E-state index is -1.32. The highest BCUT2D eigenvalue weighted by Crippen LogP contribution is 2.35. The highest BCUT2D eigenvalue weighted by atomic mass is 79.9. The first-order valence-corrected chi connectivity index (χ1v) is 11.2. The fourth-order valence-corrected chi connectivity index (χ4v) is 5.02. The Kier molecular flexibility index (Phi) is 6.07. The van der Waals surface area contributed by atoms with Crippen molar-refractivity contribution in [2.45, 2.75) is 63.6 Å². The molecule has 2 heterocycles. The summed E-state index contributed by atoms with van der Waals surface area (Å²) in [7, 11) is 0. The number of anilines is 1. The van der Waals surface area contributed by atoms with Crippen molar-refractivity contribution in [1.82, 2.24) is 4.57 Å². The number of alkyl halides is 1. The van der Waals surface area contributed by atoms with Gasteiger partial charge < -0.3 is 14.6 Å². The third-order valence-electron chi connectivity index (χ3n) is 6.06. The number of nitrogens with zero attached hydrogens (tertiary/aromatic N) is 1. The Labute approximate surface area is 173 Å². The first kappa shape index (κ1) is 19.9. The van der Waals surface area contributed by atoms with Crippen LogP contribution in [0, 0.1) is 5.92 Å². The maximum atomic E-state index is 14.6. The number of halogens is 2. The van der Waals surface area contributed by atoms with E-state index in [2.05, 4.69) is 21.2 Å². The summed E-state index contributed by atoms with van der Waals surface area (Å²) >= 11 is 3.59. The van der Waals surface area contributed by atoms with Crippen LogP contribution < -0.4 is 5.32 Å². The second-order valence-electron chi connectivity index (χ2n) is 8.39. The zero-order chi connectivity index (χ0) is 19.6. The third kappa shape index (κ3) is 4.43. The molecule has 1 aromatic carbocycles. The largest absolute Gasteiger partial charge is 0.374 e. The molecule has 1 amide bonds. The second-order valence-corrected chi connectivity index (χ2v) is 9.25. The van der Waals surface area contributed by atoms with Crippen molar-refractivity contribution in [3.8, 4) is 0 Å². The van der Waals surface area contributed by atoms with Gasteiger partial charge in [-0.15, -0.1) is 0 Å². The molecule has 0 radical (unpaired) electrons. The molecular weight excluding hydrogens is 423 g/mol. The van der Waals surface area contributed by atoms with E-state index in [1.807, 2.05) is 29.0 Å². The molecule has 1 N–H and O–H groups in total. The van der Waals surface area contributed by atoms with Gasteiger partial charge in [0.1, 0.15) is 0 Å². The lowest BCUT2D eigenvalue weighted by Gasteiger charge is -2.34. The number of carbonyl (C=O) groups excluding carboxylic acids is 1. The zero-order valence-corrected chi connectivity index (χ0v) is 17.8. The molecule has 1 aliphatic heterocycles. The topological polar surface area (TPSA) is 43.3 Å². The van der Waals surface area contributed by atoms with Gasteiger partial charge in [0.2, 0.25) is 5.91 Å². The summed E-state index contributed by atoms with van der Waals surface area (Å²) in [6, 6.07) is 5.85. The Morgan fingerprint density at radius 1 is 1.25 bits per heavy atom. The van der Waals surface area contributed by atoms with Gasteiger partial charge in [0, 0.05) is 22.5 Å².